The lowest BCUT2D eigenvalue weighted by Crippen LogP contribution is -2.36. The Kier molecular flexibility index (Phi) is 2.97. The summed E-state index contributed by atoms with van der Waals surface area (Å²) in [4.78, 5) is 0. The van der Waals surface area contributed by atoms with Crippen molar-refractivity contribution in [2.45, 2.75) is 12.5 Å². The van der Waals surface area contributed by atoms with Gasteiger partial charge < -0.3 is 0 Å². The Bertz CT molecular complexity index is 443. The number of rotatable bonds is 1. The maximum atomic E-state index is 11.1. The Morgan fingerprint density at radius 3 is 2.60 bits per heavy atom. The van der Waals surface area contributed by atoms with Crippen molar-refractivity contribution in [3.05, 3.63) is 34.9 Å². The average molecular weight is 248 g/mol. The number of hydrogen-bond donors (Lipinski definition) is 1. The summed E-state index contributed by atoms with van der Waals surface area (Å²) < 4.78 is 29.3. The molecule has 1 fully saturated rings. The minimum atomic E-state index is -3.57. The summed E-state index contributed by atoms with van der Waals surface area (Å²) in [6.45, 7) is 0.211. The summed E-state index contributed by atoms with van der Waals surface area (Å²) >= 11 is 5.74. The zero-order chi connectivity index (χ0) is 10.9. The summed E-state index contributed by atoms with van der Waals surface area (Å²) in [6, 6.07) is 6.87. The predicted octanol–water partition coefficient (Wildman–Crippen LogP) is 1.64. The molecule has 1 N–H and O–H groups in total. The second kappa shape index (κ2) is 4.09. The third-order valence-corrected chi connectivity index (χ3v) is 3.51. The van der Waals surface area contributed by atoms with Crippen molar-refractivity contribution in [2.24, 2.45) is 0 Å². The van der Waals surface area contributed by atoms with Crippen LogP contribution in [0.25, 0.3) is 0 Å². The van der Waals surface area contributed by atoms with Crippen LogP contribution in [-0.2, 0) is 14.5 Å². The van der Waals surface area contributed by atoms with Crippen molar-refractivity contribution in [3.8, 4) is 0 Å². The van der Waals surface area contributed by atoms with Crippen molar-refractivity contribution < 1.29 is 12.6 Å². The van der Waals surface area contributed by atoms with E-state index in [4.69, 9.17) is 11.6 Å². The summed E-state index contributed by atoms with van der Waals surface area (Å²) in [5.41, 5.74) is 0.895. The largest absolute Gasteiger partial charge is 0.336 e. The van der Waals surface area contributed by atoms with Gasteiger partial charge in [-0.15, -0.1) is 0 Å². The van der Waals surface area contributed by atoms with Crippen molar-refractivity contribution >= 4 is 21.9 Å². The first-order valence-electron chi connectivity index (χ1n) is 4.49. The van der Waals surface area contributed by atoms with Crippen LogP contribution in [0.3, 0.4) is 0 Å². The van der Waals surface area contributed by atoms with Gasteiger partial charge in [-0.25, -0.2) is 0 Å². The number of hydrogen-bond acceptors (Lipinski definition) is 3. The molecule has 0 radical (unpaired) electrons. The molecule has 0 amide bonds. The lowest BCUT2D eigenvalue weighted by Gasteiger charge is -2.23. The molecular formula is C9H10ClNO3S. The molecule has 1 aromatic carbocycles. The Labute approximate surface area is 93.5 Å². The van der Waals surface area contributed by atoms with E-state index in [0.717, 1.165) is 5.56 Å². The molecule has 6 heteroatoms. The highest BCUT2D eigenvalue weighted by Gasteiger charge is 2.25. The van der Waals surface area contributed by atoms with Gasteiger partial charge in [0.05, 0.1) is 12.6 Å². The van der Waals surface area contributed by atoms with E-state index in [9.17, 15) is 8.42 Å². The van der Waals surface area contributed by atoms with E-state index in [1.807, 2.05) is 0 Å². The Morgan fingerprint density at radius 1 is 1.33 bits per heavy atom. The lowest BCUT2D eigenvalue weighted by atomic mass is 10.1. The van der Waals surface area contributed by atoms with Gasteiger partial charge in [0.1, 0.15) is 0 Å². The second-order valence-corrected chi connectivity index (χ2v) is 5.10. The van der Waals surface area contributed by atoms with Crippen molar-refractivity contribution in [1.82, 2.24) is 4.72 Å². The van der Waals surface area contributed by atoms with Crippen molar-refractivity contribution in [2.75, 3.05) is 6.61 Å². The van der Waals surface area contributed by atoms with Gasteiger partial charge in [0.25, 0.3) is 0 Å². The van der Waals surface area contributed by atoms with Crippen LogP contribution in [0, 0.1) is 0 Å². The molecule has 1 aliphatic heterocycles. The smallest absolute Gasteiger partial charge is 0.258 e. The van der Waals surface area contributed by atoms with E-state index < -0.39 is 10.3 Å². The van der Waals surface area contributed by atoms with Crippen LogP contribution in [-0.4, -0.2) is 15.0 Å². The molecule has 2 rings (SSSR count). The van der Waals surface area contributed by atoms with Gasteiger partial charge in [-0.1, -0.05) is 23.7 Å². The fraction of sp³-hybridized carbons (Fsp3) is 0.333. The molecular weight excluding hydrogens is 238 g/mol. The normalized spacial score (nSPS) is 25.0. The van der Waals surface area contributed by atoms with Crippen LogP contribution in [0.4, 0.5) is 0 Å². The van der Waals surface area contributed by atoms with E-state index >= 15 is 0 Å². The highest BCUT2D eigenvalue weighted by atomic mass is 35.5. The first kappa shape index (κ1) is 10.9. The SMILES string of the molecule is O=S1(=O)N[C@H](c2ccc(Cl)cc2)CCO1. The molecule has 1 aromatic rings. The highest BCUT2D eigenvalue weighted by Crippen LogP contribution is 2.23. The summed E-state index contributed by atoms with van der Waals surface area (Å²) in [5.74, 6) is 0. The first-order chi connectivity index (χ1) is 7.07. The van der Waals surface area contributed by atoms with Gasteiger partial charge in [-0.3, -0.25) is 4.18 Å². The summed E-state index contributed by atoms with van der Waals surface area (Å²) in [5, 5.41) is 0.633. The molecule has 0 bridgehead atoms. The molecule has 15 heavy (non-hydrogen) atoms. The fourth-order valence-electron chi connectivity index (χ4n) is 1.47. The molecule has 1 aliphatic rings. The van der Waals surface area contributed by atoms with E-state index in [2.05, 4.69) is 8.91 Å². The summed E-state index contributed by atoms with van der Waals surface area (Å²) in [7, 11) is -3.57. The second-order valence-electron chi connectivity index (χ2n) is 3.29. The molecule has 4 nitrogen and oxygen atoms in total. The quantitative estimate of drug-likeness (QED) is 0.821. The molecule has 0 unspecified atom stereocenters. The van der Waals surface area contributed by atoms with Gasteiger partial charge in [-0.05, 0) is 24.1 Å². The van der Waals surface area contributed by atoms with E-state index in [1.165, 1.54) is 0 Å². The molecule has 1 atom stereocenters. The van der Waals surface area contributed by atoms with Gasteiger partial charge in [0.2, 0.25) is 0 Å². The fourth-order valence-corrected chi connectivity index (χ4v) is 2.58. The van der Waals surface area contributed by atoms with Gasteiger partial charge in [0, 0.05) is 5.02 Å². The van der Waals surface area contributed by atoms with E-state index in [0.29, 0.717) is 11.4 Å². The Hall–Kier alpha value is -0.620. The molecule has 0 spiro atoms. The third kappa shape index (κ3) is 2.69. The molecule has 82 valence electrons. The highest BCUT2D eigenvalue weighted by molar-refractivity contribution is 7.84. The van der Waals surface area contributed by atoms with Crippen LogP contribution < -0.4 is 4.72 Å². The monoisotopic (exact) mass is 247 g/mol. The van der Waals surface area contributed by atoms with Crippen LogP contribution in [0.15, 0.2) is 24.3 Å². The minimum Gasteiger partial charge on any atom is -0.258 e. The topological polar surface area (TPSA) is 55.4 Å². The zero-order valence-electron chi connectivity index (χ0n) is 7.81. The van der Waals surface area contributed by atoms with Crippen LogP contribution in [0.1, 0.15) is 18.0 Å². The number of benzene rings is 1. The van der Waals surface area contributed by atoms with Gasteiger partial charge >= 0.3 is 10.3 Å². The standard InChI is InChI=1S/C9H10ClNO3S/c10-8-3-1-7(2-4-8)9-5-6-14-15(12,13)11-9/h1-4,9,11H,5-6H2/t9-/m0/s1. The Balaban J connectivity index is 2.21. The van der Waals surface area contributed by atoms with E-state index in [-0.39, 0.29) is 12.6 Å². The van der Waals surface area contributed by atoms with Crippen LogP contribution in [0.5, 0.6) is 0 Å². The average Bonchev–Trinajstić information content (AvgIpc) is 2.17. The molecule has 1 heterocycles. The minimum absolute atomic E-state index is 0.211. The van der Waals surface area contributed by atoms with Gasteiger partial charge in [0.15, 0.2) is 0 Å². The molecule has 0 saturated carbocycles. The van der Waals surface area contributed by atoms with Gasteiger partial charge in [-0.2, -0.15) is 13.1 Å². The van der Waals surface area contributed by atoms with Crippen molar-refractivity contribution in [1.29, 1.82) is 0 Å². The molecule has 0 aliphatic carbocycles. The first-order valence-corrected chi connectivity index (χ1v) is 6.27. The molecule has 1 saturated heterocycles. The lowest BCUT2D eigenvalue weighted by molar-refractivity contribution is 0.257. The maximum Gasteiger partial charge on any atom is 0.336 e. The van der Waals surface area contributed by atoms with E-state index in [1.54, 1.807) is 24.3 Å². The third-order valence-electron chi connectivity index (χ3n) is 2.20. The predicted molar refractivity (Wildman–Crippen MR) is 56.8 cm³/mol. The maximum absolute atomic E-state index is 11.1. The number of nitrogens with one attached hydrogen (secondary N) is 1. The van der Waals surface area contributed by atoms with Crippen LogP contribution >= 0.6 is 11.6 Å². The van der Waals surface area contributed by atoms with Crippen molar-refractivity contribution in [3.63, 3.8) is 0 Å². The summed E-state index contributed by atoms with van der Waals surface area (Å²) in [6.07, 6.45) is 0.626. The Morgan fingerprint density at radius 2 is 2.00 bits per heavy atom. The zero-order valence-corrected chi connectivity index (χ0v) is 9.38. The number of halogens is 1. The molecule has 0 aromatic heterocycles. The van der Waals surface area contributed by atoms with Crippen LogP contribution in [0.2, 0.25) is 5.02 Å².